The highest BCUT2D eigenvalue weighted by atomic mass is 19.4. The van der Waals surface area contributed by atoms with Gasteiger partial charge in [0.25, 0.3) is 5.91 Å². The molecule has 1 aromatic carbocycles. The molecule has 1 amide bonds. The van der Waals surface area contributed by atoms with Crippen molar-refractivity contribution in [2.75, 3.05) is 18.4 Å². The molecule has 1 aliphatic carbocycles. The summed E-state index contributed by atoms with van der Waals surface area (Å²) in [6.45, 7) is 1.20. The summed E-state index contributed by atoms with van der Waals surface area (Å²) in [6, 6.07) is 5.66. The van der Waals surface area contributed by atoms with Gasteiger partial charge in [0, 0.05) is 5.92 Å². The number of likely N-dealkylation sites (tertiary alicyclic amines) is 1. The van der Waals surface area contributed by atoms with Crippen molar-refractivity contribution in [3.8, 4) is 0 Å². The van der Waals surface area contributed by atoms with Gasteiger partial charge in [-0.05, 0) is 44.2 Å². The number of alkyl halides is 3. The van der Waals surface area contributed by atoms with Gasteiger partial charge in [-0.2, -0.15) is 13.2 Å². The molecule has 2 fully saturated rings. The van der Waals surface area contributed by atoms with Crippen LogP contribution in [0.4, 0.5) is 18.9 Å². The fourth-order valence-electron chi connectivity index (χ4n) is 4.33. The van der Waals surface area contributed by atoms with E-state index in [0.717, 1.165) is 25.5 Å². The first-order chi connectivity index (χ1) is 11.4. The Morgan fingerprint density at radius 3 is 2.62 bits per heavy atom. The summed E-state index contributed by atoms with van der Waals surface area (Å²) in [4.78, 5) is 13.6. The second-order valence-electron chi connectivity index (χ2n) is 6.97. The second kappa shape index (κ2) is 7.13. The lowest BCUT2D eigenvalue weighted by atomic mass is 9.78. The molecule has 2 aliphatic rings. The summed E-state index contributed by atoms with van der Waals surface area (Å²) in [5, 5.41) is 2.48. The van der Waals surface area contributed by atoms with Crippen LogP contribution in [0.15, 0.2) is 24.3 Å². The Morgan fingerprint density at radius 1 is 1.12 bits per heavy atom. The second-order valence-corrected chi connectivity index (χ2v) is 6.97. The predicted octanol–water partition coefficient (Wildman–Crippen LogP) is 2.88. The van der Waals surface area contributed by atoms with E-state index in [-0.39, 0.29) is 18.1 Å². The molecule has 3 nitrogen and oxygen atoms in total. The van der Waals surface area contributed by atoms with E-state index in [1.54, 1.807) is 0 Å². The standard InChI is InChI=1S/C18H23F3N2O/c19-18(20,21)14-8-2-3-9-15(14)22-17(24)12-23-11-5-7-13-6-1-4-10-16(13)23/h2-3,8-9,13,16H,1,4-7,10-12H2,(H,22,24)/p+1/t13-,16+/m1/s1. The Bertz CT molecular complexity index is 586. The van der Waals surface area contributed by atoms with Crippen LogP contribution in [0.5, 0.6) is 0 Å². The van der Waals surface area contributed by atoms with Crippen LogP contribution in [-0.4, -0.2) is 25.0 Å². The summed E-state index contributed by atoms with van der Waals surface area (Å²) in [5.74, 6) is 0.352. The molecule has 132 valence electrons. The van der Waals surface area contributed by atoms with Gasteiger partial charge in [0.1, 0.15) is 0 Å². The number of carbonyl (C=O) groups is 1. The molecular formula is C18H24F3N2O+. The SMILES string of the molecule is O=C(C[NH+]1CCC[C@H]2CCCC[C@@H]21)Nc1ccccc1C(F)(F)F. The number of rotatable bonds is 3. The molecule has 1 heterocycles. The lowest BCUT2D eigenvalue weighted by Gasteiger charge is -2.40. The van der Waals surface area contributed by atoms with Crippen molar-refractivity contribution in [1.82, 2.24) is 0 Å². The molecule has 6 heteroatoms. The highest BCUT2D eigenvalue weighted by molar-refractivity contribution is 5.92. The molecule has 1 saturated carbocycles. The Balaban J connectivity index is 1.66. The van der Waals surface area contributed by atoms with E-state index in [4.69, 9.17) is 0 Å². The number of amides is 1. The number of piperidine rings is 1. The minimum atomic E-state index is -4.46. The van der Waals surface area contributed by atoms with E-state index >= 15 is 0 Å². The first-order valence-corrected chi connectivity index (χ1v) is 8.76. The summed E-state index contributed by atoms with van der Waals surface area (Å²) < 4.78 is 39.1. The van der Waals surface area contributed by atoms with Crippen molar-refractivity contribution in [3.63, 3.8) is 0 Å². The average molecular weight is 341 g/mol. The molecule has 0 bridgehead atoms. The van der Waals surface area contributed by atoms with Crippen molar-refractivity contribution >= 4 is 11.6 Å². The summed E-state index contributed by atoms with van der Waals surface area (Å²) in [5.41, 5.74) is -0.936. The minimum Gasteiger partial charge on any atom is -0.324 e. The third-order valence-electron chi connectivity index (χ3n) is 5.40. The monoisotopic (exact) mass is 341 g/mol. The van der Waals surface area contributed by atoms with Crippen LogP contribution in [0, 0.1) is 5.92 Å². The quantitative estimate of drug-likeness (QED) is 0.871. The van der Waals surface area contributed by atoms with Crippen molar-refractivity contribution in [1.29, 1.82) is 0 Å². The van der Waals surface area contributed by atoms with E-state index in [9.17, 15) is 18.0 Å². The fraction of sp³-hybridized carbons (Fsp3) is 0.611. The van der Waals surface area contributed by atoms with Gasteiger partial charge in [-0.15, -0.1) is 0 Å². The maximum absolute atomic E-state index is 13.0. The molecule has 3 atom stereocenters. The number of halogens is 3. The van der Waals surface area contributed by atoms with Crippen LogP contribution in [0.2, 0.25) is 0 Å². The molecule has 2 N–H and O–H groups in total. The lowest BCUT2D eigenvalue weighted by molar-refractivity contribution is -0.928. The van der Waals surface area contributed by atoms with Gasteiger partial charge in [-0.1, -0.05) is 18.6 Å². The Morgan fingerprint density at radius 2 is 1.83 bits per heavy atom. The normalized spacial score (nSPS) is 27.4. The van der Waals surface area contributed by atoms with E-state index in [1.807, 2.05) is 0 Å². The molecular weight excluding hydrogens is 317 g/mol. The number of carbonyl (C=O) groups excluding carboxylic acids is 1. The number of anilines is 1. The summed E-state index contributed by atoms with van der Waals surface area (Å²) in [6.07, 6.45) is 2.69. The van der Waals surface area contributed by atoms with Crippen LogP contribution in [0.3, 0.4) is 0 Å². The van der Waals surface area contributed by atoms with Gasteiger partial charge >= 0.3 is 6.18 Å². The number of hydrogen-bond donors (Lipinski definition) is 2. The maximum atomic E-state index is 13.0. The number of hydrogen-bond acceptors (Lipinski definition) is 1. The Hall–Kier alpha value is -1.56. The zero-order chi connectivity index (χ0) is 17.2. The molecule has 24 heavy (non-hydrogen) atoms. The van der Waals surface area contributed by atoms with Crippen LogP contribution >= 0.6 is 0 Å². The van der Waals surface area contributed by atoms with Crippen LogP contribution in [0.25, 0.3) is 0 Å². The highest BCUT2D eigenvalue weighted by Gasteiger charge is 2.38. The number of fused-ring (bicyclic) bond motifs is 1. The van der Waals surface area contributed by atoms with Crippen LogP contribution in [0.1, 0.15) is 44.1 Å². The molecule has 1 aliphatic heterocycles. The van der Waals surface area contributed by atoms with Crippen molar-refractivity contribution in [2.45, 2.75) is 50.7 Å². The molecule has 1 aromatic rings. The van der Waals surface area contributed by atoms with E-state index in [2.05, 4.69) is 5.32 Å². The molecule has 0 aromatic heterocycles. The zero-order valence-corrected chi connectivity index (χ0v) is 13.7. The Kier molecular flexibility index (Phi) is 5.13. The van der Waals surface area contributed by atoms with Crippen molar-refractivity contribution in [3.05, 3.63) is 29.8 Å². The zero-order valence-electron chi connectivity index (χ0n) is 13.7. The number of quaternary nitrogens is 1. The summed E-state index contributed by atoms with van der Waals surface area (Å²) in [7, 11) is 0. The van der Waals surface area contributed by atoms with Gasteiger partial charge in [-0.25, -0.2) is 0 Å². The molecule has 1 saturated heterocycles. The lowest BCUT2D eigenvalue weighted by Crippen LogP contribution is -3.18. The van der Waals surface area contributed by atoms with Gasteiger partial charge in [0.15, 0.2) is 6.54 Å². The van der Waals surface area contributed by atoms with Crippen LogP contribution < -0.4 is 10.2 Å². The van der Waals surface area contributed by atoms with E-state index in [0.29, 0.717) is 12.0 Å². The number of benzene rings is 1. The first-order valence-electron chi connectivity index (χ1n) is 8.76. The topological polar surface area (TPSA) is 33.5 Å². The smallest absolute Gasteiger partial charge is 0.324 e. The van der Waals surface area contributed by atoms with E-state index < -0.39 is 11.7 Å². The van der Waals surface area contributed by atoms with Crippen molar-refractivity contribution < 1.29 is 22.9 Å². The van der Waals surface area contributed by atoms with Crippen LogP contribution in [-0.2, 0) is 11.0 Å². The summed E-state index contributed by atoms with van der Waals surface area (Å²) >= 11 is 0. The fourth-order valence-corrected chi connectivity index (χ4v) is 4.33. The van der Waals surface area contributed by atoms with Gasteiger partial charge in [0.05, 0.1) is 23.8 Å². The number of para-hydroxylation sites is 1. The third-order valence-corrected chi connectivity index (χ3v) is 5.40. The van der Waals surface area contributed by atoms with Gasteiger partial charge < -0.3 is 10.2 Å². The largest absolute Gasteiger partial charge is 0.418 e. The Labute approximate surface area is 140 Å². The highest BCUT2D eigenvalue weighted by Crippen LogP contribution is 2.34. The van der Waals surface area contributed by atoms with E-state index in [1.165, 1.54) is 48.8 Å². The number of nitrogens with one attached hydrogen (secondary N) is 2. The third kappa shape index (κ3) is 3.91. The predicted molar refractivity (Wildman–Crippen MR) is 85.8 cm³/mol. The average Bonchev–Trinajstić information content (AvgIpc) is 2.54. The molecule has 1 unspecified atom stereocenters. The molecule has 3 rings (SSSR count). The molecule has 0 spiro atoms. The van der Waals surface area contributed by atoms with Crippen molar-refractivity contribution in [2.24, 2.45) is 5.92 Å². The maximum Gasteiger partial charge on any atom is 0.418 e. The van der Waals surface area contributed by atoms with Gasteiger partial charge in [-0.3, -0.25) is 4.79 Å². The molecule has 0 radical (unpaired) electrons. The first kappa shape index (κ1) is 17.3. The van der Waals surface area contributed by atoms with Gasteiger partial charge in [0.2, 0.25) is 0 Å². The minimum absolute atomic E-state index is 0.147.